The minimum absolute atomic E-state index is 0.0121. The quantitative estimate of drug-likeness (QED) is 0.668. The number of piperidine rings is 1. The van der Waals surface area contributed by atoms with Crippen LogP contribution in [0.5, 0.6) is 0 Å². The first-order chi connectivity index (χ1) is 10.0. The normalized spacial score (nSPS) is 16.3. The van der Waals surface area contributed by atoms with Gasteiger partial charge in [-0.3, -0.25) is 9.59 Å². The highest BCUT2D eigenvalue weighted by molar-refractivity contribution is 5.84. The molecule has 0 unspecified atom stereocenters. The zero-order valence-electron chi connectivity index (χ0n) is 13.4. The van der Waals surface area contributed by atoms with Crippen molar-refractivity contribution < 1.29 is 14.7 Å². The molecule has 122 valence electrons. The standard InChI is InChI=1S/C16H30N2O3/c1-13(2)5-3-4-6-15(20)17-11-16(21)18-9-7-14(12-19)8-10-18/h13-14,19H,3-12H2,1-2H3,(H,17,20). The van der Waals surface area contributed by atoms with Gasteiger partial charge in [0.05, 0.1) is 6.54 Å². The molecule has 0 aromatic rings. The number of carbonyl (C=O) groups is 2. The van der Waals surface area contributed by atoms with Crippen molar-refractivity contribution in [3.63, 3.8) is 0 Å². The van der Waals surface area contributed by atoms with Gasteiger partial charge in [0.25, 0.3) is 0 Å². The average molecular weight is 298 g/mol. The molecule has 2 N–H and O–H groups in total. The van der Waals surface area contributed by atoms with E-state index in [2.05, 4.69) is 19.2 Å². The molecule has 1 aliphatic heterocycles. The molecule has 1 rings (SSSR count). The fraction of sp³-hybridized carbons (Fsp3) is 0.875. The Hall–Kier alpha value is -1.10. The minimum atomic E-state index is -0.0302. The van der Waals surface area contributed by atoms with Crippen molar-refractivity contribution in [2.24, 2.45) is 11.8 Å². The Morgan fingerprint density at radius 1 is 1.24 bits per heavy atom. The molecule has 0 aliphatic carbocycles. The van der Waals surface area contributed by atoms with Gasteiger partial charge in [-0.2, -0.15) is 0 Å². The van der Waals surface area contributed by atoms with E-state index in [0.29, 0.717) is 31.3 Å². The van der Waals surface area contributed by atoms with Gasteiger partial charge in [0, 0.05) is 26.1 Å². The number of aliphatic hydroxyl groups excluding tert-OH is 1. The fourth-order valence-corrected chi connectivity index (χ4v) is 2.58. The molecule has 0 aromatic carbocycles. The second kappa shape index (κ2) is 9.77. The second-order valence-corrected chi connectivity index (χ2v) is 6.42. The van der Waals surface area contributed by atoms with E-state index in [1.54, 1.807) is 4.90 Å². The van der Waals surface area contributed by atoms with Crippen LogP contribution in [0.25, 0.3) is 0 Å². The van der Waals surface area contributed by atoms with Crippen LogP contribution in [-0.2, 0) is 9.59 Å². The number of hydrogen-bond donors (Lipinski definition) is 2. The second-order valence-electron chi connectivity index (χ2n) is 6.42. The van der Waals surface area contributed by atoms with Crippen molar-refractivity contribution >= 4 is 11.8 Å². The lowest BCUT2D eigenvalue weighted by Crippen LogP contribution is -2.44. The molecule has 0 aromatic heterocycles. The van der Waals surface area contributed by atoms with Gasteiger partial charge in [0.15, 0.2) is 0 Å². The number of aliphatic hydroxyl groups is 1. The summed E-state index contributed by atoms with van der Waals surface area (Å²) in [5.41, 5.74) is 0. The Kier molecular flexibility index (Phi) is 8.35. The highest BCUT2D eigenvalue weighted by atomic mass is 16.3. The van der Waals surface area contributed by atoms with Gasteiger partial charge >= 0.3 is 0 Å². The van der Waals surface area contributed by atoms with E-state index in [1.165, 1.54) is 0 Å². The predicted molar refractivity (Wildman–Crippen MR) is 82.7 cm³/mol. The number of rotatable bonds is 8. The highest BCUT2D eigenvalue weighted by Crippen LogP contribution is 2.16. The molecule has 2 amide bonds. The van der Waals surface area contributed by atoms with Gasteiger partial charge in [-0.25, -0.2) is 0 Å². The molecule has 0 radical (unpaired) electrons. The van der Waals surface area contributed by atoms with Gasteiger partial charge in [-0.1, -0.05) is 26.7 Å². The van der Waals surface area contributed by atoms with Crippen molar-refractivity contribution in [1.82, 2.24) is 10.2 Å². The third-order valence-electron chi connectivity index (χ3n) is 4.10. The van der Waals surface area contributed by atoms with Crippen LogP contribution >= 0.6 is 0 Å². The van der Waals surface area contributed by atoms with Crippen LogP contribution < -0.4 is 5.32 Å². The summed E-state index contributed by atoms with van der Waals surface area (Å²) in [5, 5.41) is 11.8. The summed E-state index contributed by atoms with van der Waals surface area (Å²) in [7, 11) is 0. The number of amides is 2. The van der Waals surface area contributed by atoms with Crippen molar-refractivity contribution in [3.8, 4) is 0 Å². The van der Waals surface area contributed by atoms with Gasteiger partial charge < -0.3 is 15.3 Å². The van der Waals surface area contributed by atoms with E-state index in [0.717, 1.165) is 32.1 Å². The first kappa shape index (κ1) is 18.0. The zero-order valence-corrected chi connectivity index (χ0v) is 13.4. The molecule has 0 saturated carbocycles. The molecule has 0 atom stereocenters. The molecule has 1 heterocycles. The lowest BCUT2D eigenvalue weighted by atomic mass is 9.98. The zero-order chi connectivity index (χ0) is 15.7. The average Bonchev–Trinajstić information content (AvgIpc) is 2.49. The molecule has 1 fully saturated rings. The summed E-state index contributed by atoms with van der Waals surface area (Å²) in [6.07, 6.45) is 5.31. The Morgan fingerprint density at radius 2 is 1.90 bits per heavy atom. The van der Waals surface area contributed by atoms with Crippen LogP contribution in [0.2, 0.25) is 0 Å². The first-order valence-electron chi connectivity index (χ1n) is 8.18. The molecule has 21 heavy (non-hydrogen) atoms. The molecule has 0 bridgehead atoms. The van der Waals surface area contributed by atoms with Crippen LogP contribution in [0.1, 0.15) is 52.4 Å². The molecule has 5 heteroatoms. The van der Waals surface area contributed by atoms with E-state index >= 15 is 0 Å². The van der Waals surface area contributed by atoms with Crippen molar-refractivity contribution in [2.45, 2.75) is 52.4 Å². The minimum Gasteiger partial charge on any atom is -0.396 e. The molecule has 1 saturated heterocycles. The number of carbonyl (C=O) groups excluding carboxylic acids is 2. The topological polar surface area (TPSA) is 69.6 Å². The number of hydrogen-bond acceptors (Lipinski definition) is 3. The summed E-state index contributed by atoms with van der Waals surface area (Å²) in [4.78, 5) is 25.4. The third kappa shape index (κ3) is 7.46. The third-order valence-corrected chi connectivity index (χ3v) is 4.10. The number of nitrogens with one attached hydrogen (secondary N) is 1. The van der Waals surface area contributed by atoms with Crippen molar-refractivity contribution in [2.75, 3.05) is 26.2 Å². The van der Waals surface area contributed by atoms with Gasteiger partial charge in [0.2, 0.25) is 11.8 Å². The maximum atomic E-state index is 12.0. The number of likely N-dealkylation sites (tertiary alicyclic amines) is 1. The summed E-state index contributed by atoms with van der Waals surface area (Å²) < 4.78 is 0. The number of unbranched alkanes of at least 4 members (excludes halogenated alkanes) is 1. The fourth-order valence-electron chi connectivity index (χ4n) is 2.58. The van der Waals surface area contributed by atoms with Gasteiger partial charge in [-0.05, 0) is 31.1 Å². The van der Waals surface area contributed by atoms with Crippen LogP contribution in [0, 0.1) is 11.8 Å². The summed E-state index contributed by atoms with van der Waals surface area (Å²) in [6, 6.07) is 0. The van der Waals surface area contributed by atoms with Crippen LogP contribution in [0.3, 0.4) is 0 Å². The summed E-state index contributed by atoms with van der Waals surface area (Å²) in [5.74, 6) is 0.959. The molecule has 5 nitrogen and oxygen atoms in total. The van der Waals surface area contributed by atoms with Gasteiger partial charge in [0.1, 0.15) is 0 Å². The van der Waals surface area contributed by atoms with Crippen molar-refractivity contribution in [3.05, 3.63) is 0 Å². The largest absolute Gasteiger partial charge is 0.396 e. The smallest absolute Gasteiger partial charge is 0.241 e. The van der Waals surface area contributed by atoms with Gasteiger partial charge in [-0.15, -0.1) is 0 Å². The Balaban J connectivity index is 2.11. The van der Waals surface area contributed by atoms with E-state index in [9.17, 15) is 9.59 Å². The predicted octanol–water partition coefficient (Wildman–Crippen LogP) is 1.55. The Bertz CT molecular complexity index is 323. The van der Waals surface area contributed by atoms with E-state index in [1.807, 2.05) is 0 Å². The van der Waals surface area contributed by atoms with E-state index < -0.39 is 0 Å². The Labute approximate surface area is 128 Å². The SMILES string of the molecule is CC(C)CCCCC(=O)NCC(=O)N1CCC(CO)CC1. The highest BCUT2D eigenvalue weighted by Gasteiger charge is 2.22. The maximum absolute atomic E-state index is 12.0. The van der Waals surface area contributed by atoms with Crippen molar-refractivity contribution in [1.29, 1.82) is 0 Å². The molecular formula is C16H30N2O3. The maximum Gasteiger partial charge on any atom is 0.241 e. The number of nitrogens with zero attached hydrogens (tertiary/aromatic N) is 1. The summed E-state index contributed by atoms with van der Waals surface area (Å²) in [6.45, 7) is 6.04. The van der Waals surface area contributed by atoms with E-state index in [-0.39, 0.29) is 25.0 Å². The molecule has 0 spiro atoms. The van der Waals surface area contributed by atoms with Crippen LogP contribution in [0.15, 0.2) is 0 Å². The monoisotopic (exact) mass is 298 g/mol. The van der Waals surface area contributed by atoms with E-state index in [4.69, 9.17) is 5.11 Å². The molecule has 1 aliphatic rings. The molecular weight excluding hydrogens is 268 g/mol. The lowest BCUT2D eigenvalue weighted by molar-refractivity contribution is -0.134. The lowest BCUT2D eigenvalue weighted by Gasteiger charge is -2.31. The first-order valence-corrected chi connectivity index (χ1v) is 8.18. The Morgan fingerprint density at radius 3 is 2.48 bits per heavy atom. The summed E-state index contributed by atoms with van der Waals surface area (Å²) >= 11 is 0. The van der Waals surface area contributed by atoms with Crippen LogP contribution in [0.4, 0.5) is 0 Å². The van der Waals surface area contributed by atoms with Crippen LogP contribution in [-0.4, -0.2) is 48.1 Å².